The number of amides is 1. The predicted molar refractivity (Wildman–Crippen MR) is 88.0 cm³/mol. The molecule has 2 unspecified atom stereocenters. The molecule has 2 rings (SSSR count). The second-order valence-electron chi connectivity index (χ2n) is 5.92. The summed E-state index contributed by atoms with van der Waals surface area (Å²) in [5.41, 5.74) is 6.07. The van der Waals surface area contributed by atoms with Gasteiger partial charge in [0.25, 0.3) is 0 Å². The summed E-state index contributed by atoms with van der Waals surface area (Å²) < 4.78 is 19.4. The molecule has 22 heavy (non-hydrogen) atoms. The van der Waals surface area contributed by atoms with Crippen molar-refractivity contribution in [1.82, 2.24) is 0 Å². The van der Waals surface area contributed by atoms with Crippen LogP contribution in [-0.4, -0.2) is 18.1 Å². The van der Waals surface area contributed by atoms with Crippen molar-refractivity contribution in [3.63, 3.8) is 0 Å². The number of hydrogen-bond donors (Lipinski definition) is 2. The third-order valence-corrected chi connectivity index (χ3v) is 3.66. The molecule has 0 spiro atoms. The van der Waals surface area contributed by atoms with Gasteiger partial charge in [0.1, 0.15) is 11.6 Å². The largest absolute Gasteiger partial charge is 0.491 e. The van der Waals surface area contributed by atoms with Crippen LogP contribution in [0.5, 0.6) is 5.75 Å². The highest BCUT2D eigenvalue weighted by Gasteiger charge is 2.25. The lowest BCUT2D eigenvalue weighted by molar-refractivity contribution is -0.120. The van der Waals surface area contributed by atoms with Crippen LogP contribution < -0.4 is 15.8 Å². The third kappa shape index (κ3) is 5.14. The van der Waals surface area contributed by atoms with Crippen LogP contribution >= 0.6 is 12.4 Å². The van der Waals surface area contributed by atoms with Gasteiger partial charge < -0.3 is 15.8 Å². The Balaban J connectivity index is 0.00000242. The van der Waals surface area contributed by atoms with Gasteiger partial charge in [0.2, 0.25) is 5.91 Å². The lowest BCUT2D eigenvalue weighted by Crippen LogP contribution is -2.34. The molecule has 124 valence electrons. The number of nitrogens with two attached hydrogens (primary N) is 1. The minimum absolute atomic E-state index is 0. The average molecular weight is 331 g/mol. The summed E-state index contributed by atoms with van der Waals surface area (Å²) in [4.78, 5) is 12.2. The second kappa shape index (κ2) is 8.34. The van der Waals surface area contributed by atoms with Crippen molar-refractivity contribution in [1.29, 1.82) is 0 Å². The monoisotopic (exact) mass is 330 g/mol. The summed E-state index contributed by atoms with van der Waals surface area (Å²) in [5, 5.41) is 2.66. The maximum Gasteiger partial charge on any atom is 0.227 e. The maximum atomic E-state index is 14.0. The van der Waals surface area contributed by atoms with E-state index in [9.17, 15) is 9.18 Å². The number of benzene rings is 1. The van der Waals surface area contributed by atoms with E-state index in [4.69, 9.17) is 10.5 Å². The summed E-state index contributed by atoms with van der Waals surface area (Å²) in [6, 6.07) is 4.56. The molecule has 1 aliphatic rings. The molecule has 0 heterocycles. The molecule has 1 fully saturated rings. The van der Waals surface area contributed by atoms with Gasteiger partial charge in [-0.15, -0.1) is 12.4 Å². The first-order chi connectivity index (χ1) is 9.95. The zero-order valence-electron chi connectivity index (χ0n) is 13.0. The molecule has 0 aromatic heterocycles. The summed E-state index contributed by atoms with van der Waals surface area (Å²) in [6.45, 7) is 3.75. The first kappa shape index (κ1) is 18.7. The van der Waals surface area contributed by atoms with E-state index in [1.54, 1.807) is 6.07 Å². The van der Waals surface area contributed by atoms with Crippen molar-refractivity contribution in [2.45, 2.75) is 51.7 Å². The Morgan fingerprint density at radius 3 is 2.73 bits per heavy atom. The number of carbonyl (C=O) groups excluding carboxylic acids is 1. The molecule has 1 aliphatic carbocycles. The first-order valence-corrected chi connectivity index (χ1v) is 7.48. The summed E-state index contributed by atoms with van der Waals surface area (Å²) in [7, 11) is 0. The molecule has 1 aromatic carbocycles. The van der Waals surface area contributed by atoms with E-state index in [0.29, 0.717) is 12.2 Å². The van der Waals surface area contributed by atoms with Crippen LogP contribution in [0.15, 0.2) is 18.2 Å². The molecule has 0 aliphatic heterocycles. The fraction of sp³-hybridized carbons (Fsp3) is 0.562. The van der Waals surface area contributed by atoms with E-state index < -0.39 is 5.82 Å². The minimum atomic E-state index is -0.485. The Labute approximate surface area is 137 Å². The van der Waals surface area contributed by atoms with Crippen LogP contribution in [0.4, 0.5) is 10.1 Å². The van der Waals surface area contributed by atoms with Gasteiger partial charge >= 0.3 is 0 Å². The van der Waals surface area contributed by atoms with Gasteiger partial charge in [0.15, 0.2) is 0 Å². The Hall–Kier alpha value is -1.33. The molecule has 3 N–H and O–H groups in total. The third-order valence-electron chi connectivity index (χ3n) is 3.66. The predicted octanol–water partition coefficient (Wildman–Crippen LogP) is 3.49. The molecule has 1 aromatic rings. The SMILES string of the molecule is CC(C)Oc1ccc(NC(=O)C2CCCC(N)C2)c(F)c1.Cl. The van der Waals surface area contributed by atoms with Crippen molar-refractivity contribution in [2.75, 3.05) is 5.32 Å². The molecular weight excluding hydrogens is 307 g/mol. The van der Waals surface area contributed by atoms with Gasteiger partial charge in [0, 0.05) is 18.0 Å². The van der Waals surface area contributed by atoms with Gasteiger partial charge in [0.05, 0.1) is 11.8 Å². The molecule has 6 heteroatoms. The zero-order chi connectivity index (χ0) is 15.4. The van der Waals surface area contributed by atoms with Crippen molar-refractivity contribution in [3.05, 3.63) is 24.0 Å². The highest BCUT2D eigenvalue weighted by molar-refractivity contribution is 5.92. The Morgan fingerprint density at radius 2 is 2.14 bits per heavy atom. The number of anilines is 1. The fourth-order valence-electron chi connectivity index (χ4n) is 2.64. The molecule has 0 saturated heterocycles. The number of nitrogens with one attached hydrogen (secondary N) is 1. The van der Waals surface area contributed by atoms with Crippen molar-refractivity contribution >= 4 is 24.0 Å². The number of ether oxygens (including phenoxy) is 1. The molecular formula is C16H24ClFN2O2. The summed E-state index contributed by atoms with van der Waals surface area (Å²) >= 11 is 0. The first-order valence-electron chi connectivity index (χ1n) is 7.48. The Morgan fingerprint density at radius 1 is 1.41 bits per heavy atom. The van der Waals surface area contributed by atoms with E-state index in [2.05, 4.69) is 5.32 Å². The number of hydrogen-bond acceptors (Lipinski definition) is 3. The Kier molecular flexibility index (Phi) is 7.10. The standard InChI is InChI=1S/C16H23FN2O2.ClH/c1-10(2)21-13-6-7-15(14(17)9-13)19-16(20)11-4-3-5-12(18)8-11;/h6-7,9-12H,3-5,8,18H2,1-2H3,(H,19,20);1H. The van der Waals surface area contributed by atoms with Gasteiger partial charge in [-0.25, -0.2) is 4.39 Å². The van der Waals surface area contributed by atoms with Gasteiger partial charge in [-0.2, -0.15) is 0 Å². The number of rotatable bonds is 4. The van der Waals surface area contributed by atoms with E-state index >= 15 is 0 Å². The molecule has 0 radical (unpaired) electrons. The van der Waals surface area contributed by atoms with Crippen molar-refractivity contribution in [3.8, 4) is 5.75 Å². The minimum Gasteiger partial charge on any atom is -0.491 e. The van der Waals surface area contributed by atoms with Crippen LogP contribution in [0.2, 0.25) is 0 Å². The molecule has 1 amide bonds. The second-order valence-corrected chi connectivity index (χ2v) is 5.92. The van der Waals surface area contributed by atoms with Crippen LogP contribution in [0, 0.1) is 11.7 Å². The topological polar surface area (TPSA) is 64.3 Å². The van der Waals surface area contributed by atoms with Gasteiger partial charge in [-0.3, -0.25) is 4.79 Å². The van der Waals surface area contributed by atoms with Gasteiger partial charge in [-0.1, -0.05) is 6.42 Å². The number of halogens is 2. The maximum absolute atomic E-state index is 14.0. The van der Waals surface area contributed by atoms with Crippen LogP contribution in [0.25, 0.3) is 0 Å². The van der Waals surface area contributed by atoms with E-state index in [1.807, 2.05) is 13.8 Å². The van der Waals surface area contributed by atoms with Crippen molar-refractivity contribution in [2.24, 2.45) is 11.7 Å². The quantitative estimate of drug-likeness (QED) is 0.888. The lowest BCUT2D eigenvalue weighted by Gasteiger charge is -2.25. The van der Waals surface area contributed by atoms with Crippen molar-refractivity contribution < 1.29 is 13.9 Å². The highest BCUT2D eigenvalue weighted by atomic mass is 35.5. The van der Waals surface area contributed by atoms with Crippen LogP contribution in [-0.2, 0) is 4.79 Å². The van der Waals surface area contributed by atoms with E-state index in [-0.39, 0.29) is 42.1 Å². The summed E-state index contributed by atoms with van der Waals surface area (Å²) in [6.07, 6.45) is 3.37. The summed E-state index contributed by atoms with van der Waals surface area (Å²) in [5.74, 6) is -0.303. The molecule has 0 bridgehead atoms. The zero-order valence-corrected chi connectivity index (χ0v) is 13.8. The molecule has 2 atom stereocenters. The highest BCUT2D eigenvalue weighted by Crippen LogP contribution is 2.26. The molecule has 1 saturated carbocycles. The van der Waals surface area contributed by atoms with Crippen LogP contribution in [0.1, 0.15) is 39.5 Å². The molecule has 4 nitrogen and oxygen atoms in total. The Bertz CT molecular complexity index is 511. The fourth-order valence-corrected chi connectivity index (χ4v) is 2.64. The van der Waals surface area contributed by atoms with E-state index in [0.717, 1.165) is 19.3 Å². The number of carbonyl (C=O) groups is 1. The normalized spacial score (nSPS) is 21.1. The average Bonchev–Trinajstić information content (AvgIpc) is 2.41. The lowest BCUT2D eigenvalue weighted by atomic mass is 9.85. The smallest absolute Gasteiger partial charge is 0.227 e. The van der Waals surface area contributed by atoms with Gasteiger partial charge in [-0.05, 0) is 45.2 Å². The van der Waals surface area contributed by atoms with E-state index in [1.165, 1.54) is 12.1 Å². The van der Waals surface area contributed by atoms with Crippen LogP contribution in [0.3, 0.4) is 0 Å².